The van der Waals surface area contributed by atoms with Crippen molar-refractivity contribution in [3.8, 4) is 0 Å². The summed E-state index contributed by atoms with van der Waals surface area (Å²) in [6.07, 6.45) is 1.59. The predicted octanol–water partition coefficient (Wildman–Crippen LogP) is 2.22. The fourth-order valence-corrected chi connectivity index (χ4v) is 1.46. The number of halogens is 2. The van der Waals surface area contributed by atoms with Crippen LogP contribution in [0.15, 0.2) is 24.5 Å². The number of anilines is 1. The molecule has 1 aromatic carbocycles. The van der Waals surface area contributed by atoms with E-state index in [1.165, 1.54) is 6.07 Å². The zero-order valence-corrected chi connectivity index (χ0v) is 9.37. The van der Waals surface area contributed by atoms with Gasteiger partial charge in [-0.15, -0.1) is 10.2 Å². The number of rotatable bonds is 3. The second kappa shape index (κ2) is 4.49. The van der Waals surface area contributed by atoms with Crippen molar-refractivity contribution in [2.24, 2.45) is 7.05 Å². The molecular weight excluding hydrogens is 231 g/mol. The maximum atomic E-state index is 13.5. The number of aryl methyl sites for hydroxylation is 1. The Morgan fingerprint density at radius 2 is 2.31 bits per heavy atom. The van der Waals surface area contributed by atoms with Crippen LogP contribution >= 0.6 is 11.6 Å². The molecule has 0 saturated heterocycles. The highest BCUT2D eigenvalue weighted by Crippen LogP contribution is 2.22. The largest absolute Gasteiger partial charge is 0.375 e. The lowest BCUT2D eigenvalue weighted by Gasteiger charge is -2.07. The molecule has 0 saturated carbocycles. The summed E-state index contributed by atoms with van der Waals surface area (Å²) in [6, 6.07) is 4.81. The first-order chi connectivity index (χ1) is 7.68. The molecule has 0 atom stereocenters. The van der Waals surface area contributed by atoms with E-state index >= 15 is 0 Å². The summed E-state index contributed by atoms with van der Waals surface area (Å²) in [4.78, 5) is 0. The van der Waals surface area contributed by atoms with Gasteiger partial charge in [0.1, 0.15) is 6.33 Å². The van der Waals surface area contributed by atoms with Crippen LogP contribution in [0.5, 0.6) is 0 Å². The Balaban J connectivity index is 2.11. The zero-order valence-electron chi connectivity index (χ0n) is 8.61. The van der Waals surface area contributed by atoms with Gasteiger partial charge in [-0.1, -0.05) is 17.7 Å². The molecule has 1 heterocycles. The number of benzene rings is 1. The molecule has 0 aliphatic rings. The van der Waals surface area contributed by atoms with Crippen LogP contribution in [0.3, 0.4) is 0 Å². The smallest absolute Gasteiger partial charge is 0.164 e. The lowest BCUT2D eigenvalue weighted by molar-refractivity contribution is 0.629. The Hall–Kier alpha value is -1.62. The standard InChI is InChI=1S/C10H10ClFN4/c1-16-6-14-15-9(16)5-13-8-4-2-3-7(11)10(8)12/h2-4,6,13H,5H2,1H3. The summed E-state index contributed by atoms with van der Waals surface area (Å²) < 4.78 is 15.3. The first kappa shape index (κ1) is 10.9. The molecule has 1 N–H and O–H groups in total. The summed E-state index contributed by atoms with van der Waals surface area (Å²) >= 11 is 5.66. The van der Waals surface area contributed by atoms with Crippen LogP contribution < -0.4 is 5.32 Å². The minimum Gasteiger partial charge on any atom is -0.375 e. The first-order valence-electron chi connectivity index (χ1n) is 4.69. The van der Waals surface area contributed by atoms with Gasteiger partial charge in [0.15, 0.2) is 11.6 Å². The van der Waals surface area contributed by atoms with Gasteiger partial charge >= 0.3 is 0 Å². The fourth-order valence-electron chi connectivity index (χ4n) is 1.28. The van der Waals surface area contributed by atoms with Gasteiger partial charge in [0.2, 0.25) is 0 Å². The quantitative estimate of drug-likeness (QED) is 0.895. The van der Waals surface area contributed by atoms with Gasteiger partial charge < -0.3 is 9.88 Å². The fraction of sp³-hybridized carbons (Fsp3) is 0.200. The SMILES string of the molecule is Cn1cnnc1CNc1cccc(Cl)c1F. The van der Waals surface area contributed by atoms with Crippen molar-refractivity contribution < 1.29 is 4.39 Å². The second-order valence-corrected chi connectivity index (χ2v) is 3.72. The molecule has 0 amide bonds. The van der Waals surface area contributed by atoms with Crippen molar-refractivity contribution in [2.45, 2.75) is 6.54 Å². The monoisotopic (exact) mass is 240 g/mol. The lowest BCUT2D eigenvalue weighted by Crippen LogP contribution is -2.06. The van der Waals surface area contributed by atoms with Crippen molar-refractivity contribution in [2.75, 3.05) is 5.32 Å². The van der Waals surface area contributed by atoms with Gasteiger partial charge in [0.05, 0.1) is 17.3 Å². The second-order valence-electron chi connectivity index (χ2n) is 3.31. The van der Waals surface area contributed by atoms with E-state index < -0.39 is 5.82 Å². The minimum absolute atomic E-state index is 0.1000. The van der Waals surface area contributed by atoms with Crippen LogP contribution in [-0.4, -0.2) is 14.8 Å². The van der Waals surface area contributed by atoms with Gasteiger partial charge in [0, 0.05) is 7.05 Å². The maximum absolute atomic E-state index is 13.5. The molecule has 1 aromatic heterocycles. The molecule has 6 heteroatoms. The number of nitrogens with zero attached hydrogens (tertiary/aromatic N) is 3. The molecule has 2 aromatic rings. The Morgan fingerprint density at radius 3 is 3.00 bits per heavy atom. The molecule has 0 bridgehead atoms. The molecular formula is C10H10ClFN4. The highest BCUT2D eigenvalue weighted by molar-refractivity contribution is 6.31. The van der Waals surface area contributed by atoms with E-state index in [4.69, 9.17) is 11.6 Å². The van der Waals surface area contributed by atoms with Crippen molar-refractivity contribution in [1.82, 2.24) is 14.8 Å². The highest BCUT2D eigenvalue weighted by Gasteiger charge is 2.06. The summed E-state index contributed by atoms with van der Waals surface area (Å²) in [5.41, 5.74) is 0.357. The maximum Gasteiger partial charge on any atom is 0.164 e. The molecule has 0 spiro atoms. The van der Waals surface area contributed by atoms with Crippen LogP contribution in [0.1, 0.15) is 5.82 Å². The number of hydrogen-bond donors (Lipinski definition) is 1. The number of aromatic nitrogens is 3. The molecule has 16 heavy (non-hydrogen) atoms. The van der Waals surface area contributed by atoms with Crippen molar-refractivity contribution in [3.63, 3.8) is 0 Å². The van der Waals surface area contributed by atoms with E-state index in [0.29, 0.717) is 12.2 Å². The number of hydrogen-bond acceptors (Lipinski definition) is 3. The highest BCUT2D eigenvalue weighted by atomic mass is 35.5. The third-order valence-corrected chi connectivity index (χ3v) is 2.49. The molecule has 0 radical (unpaired) electrons. The summed E-state index contributed by atoms with van der Waals surface area (Å²) in [6.45, 7) is 0.397. The average Bonchev–Trinajstić information content (AvgIpc) is 2.67. The molecule has 84 valence electrons. The van der Waals surface area contributed by atoms with Crippen LogP contribution in [0.25, 0.3) is 0 Å². The average molecular weight is 241 g/mol. The van der Waals surface area contributed by atoms with Crippen molar-refractivity contribution >= 4 is 17.3 Å². The lowest BCUT2D eigenvalue weighted by atomic mass is 10.3. The zero-order chi connectivity index (χ0) is 11.5. The predicted molar refractivity (Wildman–Crippen MR) is 59.7 cm³/mol. The molecule has 4 nitrogen and oxygen atoms in total. The Bertz CT molecular complexity index is 497. The molecule has 0 unspecified atom stereocenters. The van der Waals surface area contributed by atoms with Crippen LogP contribution in [0.2, 0.25) is 5.02 Å². The molecule has 0 aliphatic carbocycles. The summed E-state index contributed by atoms with van der Waals surface area (Å²) in [5.74, 6) is 0.269. The third-order valence-electron chi connectivity index (χ3n) is 2.19. The first-order valence-corrected chi connectivity index (χ1v) is 5.07. The van der Waals surface area contributed by atoms with E-state index in [1.807, 2.05) is 7.05 Å². The summed E-state index contributed by atoms with van der Waals surface area (Å²) in [7, 11) is 1.82. The summed E-state index contributed by atoms with van der Waals surface area (Å²) in [5, 5.41) is 10.6. The van der Waals surface area contributed by atoms with Crippen LogP contribution in [-0.2, 0) is 13.6 Å². The van der Waals surface area contributed by atoms with Gasteiger partial charge in [0.25, 0.3) is 0 Å². The topological polar surface area (TPSA) is 42.7 Å². The van der Waals surface area contributed by atoms with Crippen LogP contribution in [0, 0.1) is 5.82 Å². The van der Waals surface area contributed by atoms with E-state index in [0.717, 1.165) is 5.82 Å². The van der Waals surface area contributed by atoms with Crippen molar-refractivity contribution in [3.05, 3.63) is 41.2 Å². The van der Waals surface area contributed by atoms with Gasteiger partial charge in [-0.3, -0.25) is 0 Å². The van der Waals surface area contributed by atoms with E-state index in [-0.39, 0.29) is 5.02 Å². The van der Waals surface area contributed by atoms with Gasteiger partial charge in [-0.2, -0.15) is 0 Å². The molecule has 0 aliphatic heterocycles. The Labute approximate surface area is 97.1 Å². The molecule has 0 fully saturated rings. The van der Waals surface area contributed by atoms with E-state index in [1.54, 1.807) is 23.0 Å². The van der Waals surface area contributed by atoms with Crippen LogP contribution in [0.4, 0.5) is 10.1 Å². The van der Waals surface area contributed by atoms with Gasteiger partial charge in [-0.25, -0.2) is 4.39 Å². The third kappa shape index (κ3) is 2.14. The van der Waals surface area contributed by atoms with E-state index in [2.05, 4.69) is 15.5 Å². The van der Waals surface area contributed by atoms with Gasteiger partial charge in [-0.05, 0) is 12.1 Å². The Kier molecular flexibility index (Phi) is 3.05. The Morgan fingerprint density at radius 1 is 1.50 bits per heavy atom. The van der Waals surface area contributed by atoms with E-state index in [9.17, 15) is 4.39 Å². The van der Waals surface area contributed by atoms with Crippen molar-refractivity contribution in [1.29, 1.82) is 0 Å². The number of nitrogens with one attached hydrogen (secondary N) is 1. The minimum atomic E-state index is -0.452. The molecule has 2 rings (SSSR count). The normalized spacial score (nSPS) is 10.4.